The van der Waals surface area contributed by atoms with Gasteiger partial charge in [0, 0.05) is 12.8 Å². The second kappa shape index (κ2) is 40.8. The van der Waals surface area contributed by atoms with Gasteiger partial charge in [-0.05, 0) is 38.5 Å². The summed E-state index contributed by atoms with van der Waals surface area (Å²) in [7, 11) is 0. The summed E-state index contributed by atoms with van der Waals surface area (Å²) in [6, 6.07) is 0. The van der Waals surface area contributed by atoms with Crippen LogP contribution in [0.25, 0.3) is 0 Å². The van der Waals surface area contributed by atoms with E-state index >= 15 is 0 Å². The van der Waals surface area contributed by atoms with Crippen molar-refractivity contribution < 1.29 is 73.8 Å². The van der Waals surface area contributed by atoms with Gasteiger partial charge in [0.1, 0.15) is 55.4 Å². The van der Waals surface area contributed by atoms with E-state index in [-0.39, 0.29) is 26.1 Å². The van der Waals surface area contributed by atoms with Crippen LogP contribution in [0.4, 0.5) is 0 Å². The van der Waals surface area contributed by atoms with Crippen molar-refractivity contribution in [1.82, 2.24) is 0 Å². The van der Waals surface area contributed by atoms with Gasteiger partial charge in [0.2, 0.25) is 0 Å². The topological polar surface area (TPSA) is 231 Å². The molecule has 68 heavy (non-hydrogen) atoms. The molecule has 0 aliphatic carbocycles. The van der Waals surface area contributed by atoms with E-state index in [1.807, 2.05) is 0 Å². The van der Waals surface area contributed by atoms with Crippen LogP contribution in [0.2, 0.25) is 0 Å². The van der Waals surface area contributed by atoms with Crippen molar-refractivity contribution >= 4 is 11.9 Å². The zero-order valence-electron chi connectivity index (χ0n) is 42.4. The van der Waals surface area contributed by atoms with Crippen molar-refractivity contribution in [2.75, 3.05) is 26.4 Å². The zero-order valence-corrected chi connectivity index (χ0v) is 42.4. The van der Waals surface area contributed by atoms with E-state index in [0.717, 1.165) is 44.9 Å². The predicted molar refractivity (Wildman–Crippen MR) is 261 cm³/mol. The van der Waals surface area contributed by atoms with Crippen molar-refractivity contribution in [2.45, 2.75) is 287 Å². The van der Waals surface area contributed by atoms with E-state index in [0.29, 0.717) is 12.8 Å². The Bertz CT molecular complexity index is 1240. The molecule has 11 atom stereocenters. The maximum atomic E-state index is 13.0. The van der Waals surface area contributed by atoms with Crippen LogP contribution in [0, 0.1) is 0 Å². The number of carbonyl (C=O) groups is 2. The molecule has 0 aromatic carbocycles. The van der Waals surface area contributed by atoms with Crippen molar-refractivity contribution in [1.29, 1.82) is 0 Å². The summed E-state index contributed by atoms with van der Waals surface area (Å²) in [6.45, 7) is 2.61. The van der Waals surface area contributed by atoms with Gasteiger partial charge in [-0.1, -0.05) is 180 Å². The molecule has 2 saturated heterocycles. The van der Waals surface area contributed by atoms with E-state index in [9.17, 15) is 45.3 Å². The number of hydrogen-bond donors (Lipinski definition) is 7. The molecule has 0 bridgehead atoms. The lowest BCUT2D eigenvalue weighted by atomic mass is 9.98. The molecular weight excluding hydrogens is 877 g/mol. The van der Waals surface area contributed by atoms with E-state index in [2.05, 4.69) is 26.0 Å². The van der Waals surface area contributed by atoms with Gasteiger partial charge in [0.05, 0.1) is 19.8 Å². The lowest BCUT2D eigenvalue weighted by Gasteiger charge is -2.42. The first-order valence-corrected chi connectivity index (χ1v) is 27.3. The fraction of sp³-hybridized carbons (Fsp3) is 0.925. The predicted octanol–water partition coefficient (Wildman–Crippen LogP) is 8.16. The third-order valence-corrected chi connectivity index (χ3v) is 13.2. The van der Waals surface area contributed by atoms with Crippen LogP contribution < -0.4 is 0 Å². The minimum Gasteiger partial charge on any atom is -0.462 e. The molecule has 0 aromatic rings. The summed E-state index contributed by atoms with van der Waals surface area (Å²) in [4.78, 5) is 25.8. The Kier molecular flexibility index (Phi) is 37.4. The Labute approximate surface area is 410 Å². The number of hydrogen-bond acceptors (Lipinski definition) is 15. The van der Waals surface area contributed by atoms with Crippen molar-refractivity contribution in [3.05, 3.63) is 12.2 Å². The molecule has 0 spiro atoms. The van der Waals surface area contributed by atoms with Gasteiger partial charge < -0.3 is 64.2 Å². The Hall–Kier alpha value is -1.76. The minimum atomic E-state index is -1.76. The van der Waals surface area contributed by atoms with Crippen LogP contribution in [-0.4, -0.2) is 142 Å². The Morgan fingerprint density at radius 3 is 1.31 bits per heavy atom. The zero-order chi connectivity index (χ0) is 49.6. The highest BCUT2D eigenvalue weighted by molar-refractivity contribution is 5.70. The molecule has 4 unspecified atom stereocenters. The van der Waals surface area contributed by atoms with Gasteiger partial charge in [-0.3, -0.25) is 9.59 Å². The number of carbonyl (C=O) groups excluding carboxylic acids is 2. The number of ether oxygens (including phenoxy) is 6. The van der Waals surface area contributed by atoms with Crippen LogP contribution in [0.15, 0.2) is 12.2 Å². The summed E-state index contributed by atoms with van der Waals surface area (Å²) < 4.78 is 33.6. The SMILES string of the molecule is CCCCCC/C=C/CCCCCCCCCC(=O)OC[C@H](CO[C@H]1O[C@@H](CO[C@H]2O[C@@H](CO)[C@@H](O)C(O)C2O)[C@@H](O)C(O)C1O)OC(=O)CCCCCCCCCCCCCCCCCCC. The second-order valence-electron chi connectivity index (χ2n) is 19.4. The fourth-order valence-corrected chi connectivity index (χ4v) is 8.74. The van der Waals surface area contributed by atoms with Gasteiger partial charge >= 0.3 is 11.9 Å². The largest absolute Gasteiger partial charge is 0.462 e. The van der Waals surface area contributed by atoms with Crippen LogP contribution >= 0.6 is 0 Å². The molecule has 2 aliphatic heterocycles. The molecule has 2 fully saturated rings. The quantitative estimate of drug-likeness (QED) is 0.0174. The van der Waals surface area contributed by atoms with Gasteiger partial charge in [0.15, 0.2) is 18.7 Å². The molecule has 0 amide bonds. The summed E-state index contributed by atoms with van der Waals surface area (Å²) >= 11 is 0. The molecule has 15 nitrogen and oxygen atoms in total. The Morgan fingerprint density at radius 2 is 0.838 bits per heavy atom. The van der Waals surface area contributed by atoms with Crippen LogP contribution in [0.3, 0.4) is 0 Å². The lowest BCUT2D eigenvalue weighted by molar-refractivity contribution is -0.332. The number of esters is 2. The van der Waals surface area contributed by atoms with Crippen LogP contribution in [0.5, 0.6) is 0 Å². The number of unbranched alkanes of at least 4 members (excludes halogenated alkanes) is 27. The maximum Gasteiger partial charge on any atom is 0.306 e. The molecule has 15 heteroatoms. The monoisotopic (exact) mass is 975 g/mol. The average molecular weight is 975 g/mol. The molecule has 0 saturated carbocycles. The molecule has 400 valence electrons. The minimum absolute atomic E-state index is 0.170. The van der Waals surface area contributed by atoms with Crippen molar-refractivity contribution in [3.8, 4) is 0 Å². The third-order valence-electron chi connectivity index (χ3n) is 13.2. The smallest absolute Gasteiger partial charge is 0.306 e. The summed E-state index contributed by atoms with van der Waals surface area (Å²) in [5.74, 6) is -0.918. The highest BCUT2D eigenvalue weighted by Gasteiger charge is 2.47. The summed E-state index contributed by atoms with van der Waals surface area (Å²) in [5, 5.41) is 72.1. The summed E-state index contributed by atoms with van der Waals surface area (Å²) in [5.41, 5.74) is 0. The van der Waals surface area contributed by atoms with E-state index in [1.165, 1.54) is 135 Å². The lowest BCUT2D eigenvalue weighted by Crippen LogP contribution is -2.61. The number of rotatable bonds is 43. The van der Waals surface area contributed by atoms with Gasteiger partial charge in [-0.25, -0.2) is 0 Å². The maximum absolute atomic E-state index is 13.0. The molecule has 2 heterocycles. The third kappa shape index (κ3) is 28.3. The number of aliphatic hydroxyl groups excluding tert-OH is 7. The van der Waals surface area contributed by atoms with E-state index in [4.69, 9.17) is 28.4 Å². The molecular formula is C53H98O15. The number of allylic oxidation sites excluding steroid dienone is 2. The molecule has 2 rings (SSSR count). The normalized spacial score (nSPS) is 25.8. The first-order valence-electron chi connectivity index (χ1n) is 27.3. The fourth-order valence-electron chi connectivity index (χ4n) is 8.74. The van der Waals surface area contributed by atoms with Crippen LogP contribution in [-0.2, 0) is 38.0 Å². The van der Waals surface area contributed by atoms with Crippen molar-refractivity contribution in [2.24, 2.45) is 0 Å². The molecule has 0 radical (unpaired) electrons. The van der Waals surface area contributed by atoms with Gasteiger partial charge in [0.25, 0.3) is 0 Å². The highest BCUT2D eigenvalue weighted by atomic mass is 16.7. The molecule has 2 aliphatic rings. The molecule has 0 aromatic heterocycles. The Morgan fingerprint density at radius 1 is 0.456 bits per heavy atom. The number of aliphatic hydroxyl groups is 7. The highest BCUT2D eigenvalue weighted by Crippen LogP contribution is 2.27. The second-order valence-corrected chi connectivity index (χ2v) is 19.4. The van der Waals surface area contributed by atoms with Gasteiger partial charge in [-0.2, -0.15) is 0 Å². The van der Waals surface area contributed by atoms with Crippen LogP contribution in [0.1, 0.15) is 219 Å². The van der Waals surface area contributed by atoms with E-state index in [1.54, 1.807) is 0 Å². The molecule has 7 N–H and O–H groups in total. The Balaban J connectivity index is 1.78. The average Bonchev–Trinajstić information content (AvgIpc) is 3.33. The van der Waals surface area contributed by atoms with Crippen molar-refractivity contribution in [3.63, 3.8) is 0 Å². The van der Waals surface area contributed by atoms with E-state index < -0.39 is 92.7 Å². The first kappa shape index (κ1) is 62.4. The standard InChI is InChI=1S/C53H98O15/c1-3-5-7-9-11-13-15-17-19-20-22-24-26-28-30-32-34-36-45(56)66-41(38-63-44(55)35-33-31-29-27-25-23-21-18-16-14-12-10-8-6-4-2)39-64-52-51(62)49(60)47(58)43(68-52)40-65-53-50(61)48(59)46(57)42(37-54)67-53/h14,16,41-43,46-54,57-62H,3-13,15,17-40H2,1-2H3/b16-14+/t41-,42+,43+,46-,47-,48?,49?,50?,51?,52+,53+/m1/s1. The summed E-state index contributed by atoms with van der Waals surface area (Å²) in [6.07, 6.45) is 23.7. The first-order chi connectivity index (χ1) is 33.0. The van der Waals surface area contributed by atoms with Gasteiger partial charge in [-0.15, -0.1) is 0 Å².